The summed E-state index contributed by atoms with van der Waals surface area (Å²) >= 11 is 0. The van der Waals surface area contributed by atoms with Gasteiger partial charge in [0.2, 0.25) is 0 Å². The number of ketones is 2. The number of fused-ring (bicyclic) bond motifs is 6. The average molecular weight is 342 g/mol. The van der Waals surface area contributed by atoms with E-state index in [9.17, 15) is 9.59 Å². The molecule has 0 amide bonds. The number of carbonyl (C=O) groups excluding carboxylic acids is 2. The Labute approximate surface area is 148 Å². The first kappa shape index (κ1) is 16.0. The first-order valence-corrected chi connectivity index (χ1v) is 9.66. The van der Waals surface area contributed by atoms with Crippen LogP contribution in [0.2, 0.25) is 0 Å². The molecule has 0 radical (unpaired) electrons. The molecule has 25 heavy (non-hydrogen) atoms. The van der Waals surface area contributed by atoms with Crippen molar-refractivity contribution in [2.45, 2.75) is 51.7 Å². The Morgan fingerprint density at radius 2 is 1.84 bits per heavy atom. The minimum absolute atomic E-state index is 0.0884. The summed E-state index contributed by atoms with van der Waals surface area (Å²) in [5, 5.41) is 0. The summed E-state index contributed by atoms with van der Waals surface area (Å²) in [5.41, 5.74) is 0.552. The van der Waals surface area contributed by atoms with Gasteiger partial charge in [0.05, 0.1) is 18.6 Å². The molecule has 4 aliphatic carbocycles. The monoisotopic (exact) mass is 342 g/mol. The van der Waals surface area contributed by atoms with Gasteiger partial charge in [-0.2, -0.15) is 0 Å². The molecule has 4 heteroatoms. The van der Waals surface area contributed by atoms with Gasteiger partial charge in [0, 0.05) is 18.3 Å². The summed E-state index contributed by atoms with van der Waals surface area (Å²) in [5.74, 6) is 0.807. The Morgan fingerprint density at radius 1 is 1.08 bits per heavy atom. The number of hydrogen-bond acceptors (Lipinski definition) is 4. The first-order chi connectivity index (χ1) is 11.9. The van der Waals surface area contributed by atoms with Gasteiger partial charge in [-0.1, -0.05) is 18.6 Å². The van der Waals surface area contributed by atoms with Crippen molar-refractivity contribution < 1.29 is 19.1 Å². The summed E-state index contributed by atoms with van der Waals surface area (Å²) in [6.45, 7) is 5.52. The molecule has 4 nitrogen and oxygen atoms in total. The van der Waals surface area contributed by atoms with Gasteiger partial charge in [0.1, 0.15) is 5.78 Å². The maximum absolute atomic E-state index is 13.4. The van der Waals surface area contributed by atoms with Gasteiger partial charge in [-0.05, 0) is 56.1 Å². The van der Waals surface area contributed by atoms with E-state index in [1.165, 1.54) is 5.57 Å². The number of allylic oxidation sites excluding steroid dienone is 4. The maximum Gasteiger partial charge on any atom is 0.180 e. The standard InChI is InChI=1S/C21H26O4/c1-19-7-5-14(22)11-13(19)3-4-15-16-6-8-21(24-9-10-25-21)20(16,2)18(23)12-17(15)19/h5,7,11,15-17H,3-4,6,8-10,12H2,1-2H3/t15-,16-,17-,19-,20+/m0/s1. The van der Waals surface area contributed by atoms with Crippen LogP contribution in [-0.2, 0) is 19.1 Å². The van der Waals surface area contributed by atoms with Crippen molar-refractivity contribution in [1.82, 2.24) is 0 Å². The molecular weight excluding hydrogens is 316 g/mol. The summed E-state index contributed by atoms with van der Waals surface area (Å²) in [4.78, 5) is 25.2. The second-order valence-corrected chi connectivity index (χ2v) is 8.92. The second kappa shape index (κ2) is 4.92. The lowest BCUT2D eigenvalue weighted by Crippen LogP contribution is -2.59. The van der Waals surface area contributed by atoms with Gasteiger partial charge < -0.3 is 9.47 Å². The first-order valence-electron chi connectivity index (χ1n) is 9.66. The zero-order valence-corrected chi connectivity index (χ0v) is 15.0. The van der Waals surface area contributed by atoms with E-state index in [1.54, 1.807) is 6.08 Å². The number of ether oxygens (including phenoxy) is 2. The number of Topliss-reactive ketones (excluding diaryl/α,β-unsaturated/α-hetero) is 1. The molecule has 1 spiro atoms. The molecule has 1 saturated heterocycles. The number of carbonyl (C=O) groups is 2. The lowest BCUT2D eigenvalue weighted by molar-refractivity contribution is -0.232. The minimum atomic E-state index is -0.685. The average Bonchev–Trinajstić information content (AvgIpc) is 3.18. The normalized spacial score (nSPS) is 47.4. The molecule has 1 heterocycles. The Bertz CT molecular complexity index is 713. The molecule has 0 N–H and O–H groups in total. The van der Waals surface area contributed by atoms with Crippen LogP contribution < -0.4 is 0 Å². The number of rotatable bonds is 0. The minimum Gasteiger partial charge on any atom is -0.346 e. The predicted octanol–water partition coefficient (Wildman–Crippen LogP) is 3.22. The van der Waals surface area contributed by atoms with Crippen molar-refractivity contribution in [2.75, 3.05) is 13.2 Å². The van der Waals surface area contributed by atoms with Gasteiger partial charge in [-0.3, -0.25) is 9.59 Å². The largest absolute Gasteiger partial charge is 0.346 e. The van der Waals surface area contributed by atoms with E-state index in [1.807, 2.05) is 6.08 Å². The third-order valence-corrected chi connectivity index (χ3v) is 8.21. The van der Waals surface area contributed by atoms with E-state index in [2.05, 4.69) is 19.9 Å². The third-order valence-electron chi connectivity index (χ3n) is 8.21. The van der Waals surface area contributed by atoms with Gasteiger partial charge in [0.25, 0.3) is 0 Å². The predicted molar refractivity (Wildman–Crippen MR) is 91.6 cm³/mol. The summed E-state index contributed by atoms with van der Waals surface area (Å²) < 4.78 is 12.1. The molecule has 1 aliphatic heterocycles. The summed E-state index contributed by atoms with van der Waals surface area (Å²) in [6.07, 6.45) is 10.0. The quantitative estimate of drug-likeness (QED) is 0.678. The van der Waals surface area contributed by atoms with E-state index in [-0.39, 0.29) is 11.2 Å². The van der Waals surface area contributed by atoms with E-state index in [4.69, 9.17) is 9.47 Å². The van der Waals surface area contributed by atoms with Crippen molar-refractivity contribution in [3.05, 3.63) is 23.8 Å². The highest BCUT2D eigenvalue weighted by atomic mass is 16.7. The smallest absolute Gasteiger partial charge is 0.180 e. The lowest BCUT2D eigenvalue weighted by Gasteiger charge is -2.56. The van der Waals surface area contributed by atoms with E-state index in [0.29, 0.717) is 43.2 Å². The van der Waals surface area contributed by atoms with E-state index in [0.717, 1.165) is 25.7 Å². The van der Waals surface area contributed by atoms with Crippen LogP contribution in [0.3, 0.4) is 0 Å². The van der Waals surface area contributed by atoms with E-state index >= 15 is 0 Å². The molecule has 134 valence electrons. The molecule has 0 aromatic carbocycles. The molecular formula is C21H26O4. The molecule has 0 aromatic heterocycles. The molecule has 0 bridgehead atoms. The molecule has 5 atom stereocenters. The van der Waals surface area contributed by atoms with Crippen LogP contribution in [0.4, 0.5) is 0 Å². The highest BCUT2D eigenvalue weighted by Crippen LogP contribution is 2.67. The van der Waals surface area contributed by atoms with Crippen LogP contribution >= 0.6 is 0 Å². The van der Waals surface area contributed by atoms with Gasteiger partial charge in [-0.15, -0.1) is 0 Å². The SMILES string of the molecule is C[C@]12C=CC(=O)C=C1CC[C@@H]1[C@@H]2CC(=O)[C@@]2(C)[C@H]1CCC21OCCO1. The fraction of sp³-hybridized carbons (Fsp3) is 0.714. The number of hydrogen-bond donors (Lipinski definition) is 0. The van der Waals surface area contributed by atoms with Crippen LogP contribution in [0.1, 0.15) is 46.0 Å². The van der Waals surface area contributed by atoms with Crippen LogP contribution in [0, 0.1) is 28.6 Å². The van der Waals surface area contributed by atoms with Crippen molar-refractivity contribution >= 4 is 11.6 Å². The Balaban J connectivity index is 1.56. The van der Waals surface area contributed by atoms with Gasteiger partial charge in [0.15, 0.2) is 11.6 Å². The topological polar surface area (TPSA) is 52.6 Å². The molecule has 4 fully saturated rings. The van der Waals surface area contributed by atoms with Crippen molar-refractivity contribution in [1.29, 1.82) is 0 Å². The maximum atomic E-state index is 13.4. The van der Waals surface area contributed by atoms with Crippen molar-refractivity contribution in [3.63, 3.8) is 0 Å². The Hall–Kier alpha value is -1.26. The molecule has 3 saturated carbocycles. The fourth-order valence-electron chi connectivity index (χ4n) is 6.80. The lowest BCUT2D eigenvalue weighted by atomic mass is 9.47. The van der Waals surface area contributed by atoms with Gasteiger partial charge in [-0.25, -0.2) is 0 Å². The highest BCUT2D eigenvalue weighted by molar-refractivity contribution is 6.01. The van der Waals surface area contributed by atoms with Crippen LogP contribution in [-0.4, -0.2) is 30.6 Å². The van der Waals surface area contributed by atoms with Crippen LogP contribution in [0.5, 0.6) is 0 Å². The van der Waals surface area contributed by atoms with Crippen molar-refractivity contribution in [2.24, 2.45) is 28.6 Å². The molecule has 5 aliphatic rings. The fourth-order valence-corrected chi connectivity index (χ4v) is 6.80. The van der Waals surface area contributed by atoms with Crippen LogP contribution in [0.25, 0.3) is 0 Å². The zero-order chi connectivity index (χ0) is 17.4. The third kappa shape index (κ3) is 1.80. The zero-order valence-electron chi connectivity index (χ0n) is 15.0. The molecule has 0 aromatic rings. The Morgan fingerprint density at radius 3 is 2.60 bits per heavy atom. The highest BCUT2D eigenvalue weighted by Gasteiger charge is 2.70. The summed E-state index contributed by atoms with van der Waals surface area (Å²) in [7, 11) is 0. The van der Waals surface area contributed by atoms with Gasteiger partial charge >= 0.3 is 0 Å². The molecule has 5 rings (SSSR count). The molecule has 0 unspecified atom stereocenters. The van der Waals surface area contributed by atoms with Crippen LogP contribution in [0.15, 0.2) is 23.8 Å². The van der Waals surface area contributed by atoms with E-state index < -0.39 is 11.2 Å². The second-order valence-electron chi connectivity index (χ2n) is 8.92. The summed E-state index contributed by atoms with van der Waals surface area (Å²) in [6, 6.07) is 0. The Kier molecular flexibility index (Phi) is 3.14. The van der Waals surface area contributed by atoms with Crippen molar-refractivity contribution in [3.8, 4) is 0 Å².